The number of piperazine rings is 1. The van der Waals surface area contributed by atoms with E-state index in [1.165, 1.54) is 11.4 Å². The van der Waals surface area contributed by atoms with Gasteiger partial charge in [-0.1, -0.05) is 0 Å². The Bertz CT molecular complexity index is 749. The summed E-state index contributed by atoms with van der Waals surface area (Å²) < 4.78 is 71.4. The molecule has 0 atom stereocenters. The summed E-state index contributed by atoms with van der Waals surface area (Å²) >= 11 is 0. The lowest BCUT2D eigenvalue weighted by atomic mass is 9.90. The molecular formula is C15H23F3N4O3S. The molecule has 11 heteroatoms. The third-order valence-electron chi connectivity index (χ3n) is 5.30. The standard InChI is InChI=1S/C15H23F3N4O3S/c1-14(3-9-25-10-4-14)21-5-7-22(8-6-21)26(23,24)13-11-12(15(16,17)18)19-20(13)2/h11H,3-10H2,1-2H3. The predicted molar refractivity (Wildman–Crippen MR) is 87.0 cm³/mol. The number of alkyl halides is 3. The van der Waals surface area contributed by atoms with Gasteiger partial charge in [-0.3, -0.25) is 9.58 Å². The van der Waals surface area contributed by atoms with Gasteiger partial charge in [-0.25, -0.2) is 8.42 Å². The molecule has 0 unspecified atom stereocenters. The molecule has 3 rings (SSSR count). The van der Waals surface area contributed by atoms with Gasteiger partial charge in [0.25, 0.3) is 10.0 Å². The zero-order valence-electron chi connectivity index (χ0n) is 14.8. The van der Waals surface area contributed by atoms with Gasteiger partial charge in [0.15, 0.2) is 10.7 Å². The van der Waals surface area contributed by atoms with Crippen LogP contribution in [0.4, 0.5) is 13.2 Å². The first-order valence-electron chi connectivity index (χ1n) is 8.48. The Labute approximate surface area is 150 Å². The molecule has 1 aromatic heterocycles. The molecule has 0 aliphatic carbocycles. The van der Waals surface area contributed by atoms with Crippen molar-refractivity contribution in [2.24, 2.45) is 7.05 Å². The molecule has 3 heterocycles. The normalized spacial score (nSPS) is 23.3. The van der Waals surface area contributed by atoms with Crippen LogP contribution in [0.25, 0.3) is 0 Å². The lowest BCUT2D eigenvalue weighted by molar-refractivity contribution is -0.141. The average molecular weight is 396 g/mol. The van der Waals surface area contributed by atoms with Crippen LogP contribution in [0.5, 0.6) is 0 Å². The maximum Gasteiger partial charge on any atom is 0.435 e. The molecule has 2 aliphatic heterocycles. The number of halogens is 3. The van der Waals surface area contributed by atoms with Crippen LogP contribution in [0.1, 0.15) is 25.5 Å². The van der Waals surface area contributed by atoms with E-state index in [1.54, 1.807) is 0 Å². The Morgan fingerprint density at radius 2 is 1.73 bits per heavy atom. The fourth-order valence-electron chi connectivity index (χ4n) is 3.56. The Morgan fingerprint density at radius 1 is 1.15 bits per heavy atom. The minimum atomic E-state index is -4.68. The van der Waals surface area contributed by atoms with E-state index in [-0.39, 0.29) is 18.6 Å². The van der Waals surface area contributed by atoms with Gasteiger partial charge in [0.2, 0.25) is 0 Å². The molecule has 1 aromatic rings. The average Bonchev–Trinajstić information content (AvgIpc) is 2.99. The Morgan fingerprint density at radius 3 is 2.23 bits per heavy atom. The van der Waals surface area contributed by atoms with Crippen molar-refractivity contribution < 1.29 is 26.3 Å². The molecule has 148 valence electrons. The van der Waals surface area contributed by atoms with E-state index in [0.29, 0.717) is 32.4 Å². The van der Waals surface area contributed by atoms with E-state index in [9.17, 15) is 21.6 Å². The van der Waals surface area contributed by atoms with Crippen LogP contribution in [0, 0.1) is 0 Å². The second-order valence-electron chi connectivity index (χ2n) is 6.99. The lowest BCUT2D eigenvalue weighted by Crippen LogP contribution is -2.58. The molecule has 0 spiro atoms. The minimum Gasteiger partial charge on any atom is -0.381 e. The summed E-state index contributed by atoms with van der Waals surface area (Å²) in [7, 11) is -2.81. The SMILES string of the molecule is Cn1nc(C(F)(F)F)cc1S(=O)(=O)N1CCN(C2(C)CCOCC2)CC1. The number of rotatable bonds is 3. The van der Waals surface area contributed by atoms with E-state index in [4.69, 9.17) is 4.74 Å². The Kier molecular flexibility index (Phi) is 5.10. The molecule has 2 saturated heterocycles. The van der Waals surface area contributed by atoms with Crippen molar-refractivity contribution in [3.8, 4) is 0 Å². The summed E-state index contributed by atoms with van der Waals surface area (Å²) in [6, 6.07) is 0.599. The zero-order valence-corrected chi connectivity index (χ0v) is 15.6. The van der Waals surface area contributed by atoms with Crippen molar-refractivity contribution in [2.75, 3.05) is 39.4 Å². The topological polar surface area (TPSA) is 67.7 Å². The first kappa shape index (κ1) is 19.6. The first-order valence-corrected chi connectivity index (χ1v) is 9.92. The van der Waals surface area contributed by atoms with Gasteiger partial charge in [-0.2, -0.15) is 22.6 Å². The molecular weight excluding hydrogens is 373 g/mol. The number of nitrogens with zero attached hydrogens (tertiary/aromatic N) is 4. The summed E-state index contributed by atoms with van der Waals surface area (Å²) in [4.78, 5) is 2.26. The van der Waals surface area contributed by atoms with E-state index >= 15 is 0 Å². The molecule has 0 N–H and O–H groups in total. The van der Waals surface area contributed by atoms with Crippen LogP contribution in [-0.2, 0) is 28.0 Å². The van der Waals surface area contributed by atoms with Gasteiger partial charge in [0.1, 0.15) is 0 Å². The largest absolute Gasteiger partial charge is 0.435 e. The van der Waals surface area contributed by atoms with Crippen molar-refractivity contribution in [2.45, 2.75) is 36.5 Å². The van der Waals surface area contributed by atoms with E-state index < -0.39 is 26.9 Å². The summed E-state index contributed by atoms with van der Waals surface area (Å²) in [5.74, 6) is 0. The number of ether oxygens (including phenoxy) is 1. The number of hydrogen-bond acceptors (Lipinski definition) is 5. The van der Waals surface area contributed by atoms with Crippen molar-refractivity contribution in [1.29, 1.82) is 0 Å². The van der Waals surface area contributed by atoms with E-state index in [1.807, 2.05) is 0 Å². The predicted octanol–water partition coefficient (Wildman–Crippen LogP) is 1.31. The maximum atomic E-state index is 12.8. The van der Waals surface area contributed by atoms with Crippen LogP contribution in [0.15, 0.2) is 11.1 Å². The van der Waals surface area contributed by atoms with Crippen molar-refractivity contribution in [3.63, 3.8) is 0 Å². The van der Waals surface area contributed by atoms with Crippen LogP contribution < -0.4 is 0 Å². The van der Waals surface area contributed by atoms with Gasteiger partial charge < -0.3 is 4.74 Å². The third-order valence-corrected chi connectivity index (χ3v) is 7.26. The highest BCUT2D eigenvalue weighted by Gasteiger charge is 2.41. The maximum absolute atomic E-state index is 12.8. The highest BCUT2D eigenvalue weighted by molar-refractivity contribution is 7.89. The van der Waals surface area contributed by atoms with Gasteiger partial charge in [-0.15, -0.1) is 0 Å². The monoisotopic (exact) mass is 396 g/mol. The smallest absolute Gasteiger partial charge is 0.381 e. The Hall–Kier alpha value is -1.17. The minimum absolute atomic E-state index is 0.0237. The molecule has 0 amide bonds. The lowest BCUT2D eigenvalue weighted by Gasteiger charge is -2.47. The number of aryl methyl sites for hydroxylation is 1. The second kappa shape index (κ2) is 6.77. The van der Waals surface area contributed by atoms with Crippen molar-refractivity contribution in [3.05, 3.63) is 11.8 Å². The van der Waals surface area contributed by atoms with Gasteiger partial charge in [0.05, 0.1) is 0 Å². The van der Waals surface area contributed by atoms with Crippen LogP contribution in [0.3, 0.4) is 0 Å². The van der Waals surface area contributed by atoms with E-state index in [0.717, 1.165) is 17.5 Å². The quantitative estimate of drug-likeness (QED) is 0.771. The van der Waals surface area contributed by atoms with Gasteiger partial charge in [0, 0.05) is 58.0 Å². The first-order chi connectivity index (χ1) is 12.0. The fourth-order valence-corrected chi connectivity index (χ4v) is 5.10. The van der Waals surface area contributed by atoms with Gasteiger partial charge in [-0.05, 0) is 19.8 Å². The molecule has 26 heavy (non-hydrogen) atoms. The molecule has 0 radical (unpaired) electrons. The van der Waals surface area contributed by atoms with Crippen molar-refractivity contribution in [1.82, 2.24) is 19.0 Å². The highest BCUT2D eigenvalue weighted by atomic mass is 32.2. The summed E-state index contributed by atoms with van der Waals surface area (Å²) in [6.45, 7) is 5.08. The van der Waals surface area contributed by atoms with Crippen molar-refractivity contribution >= 4 is 10.0 Å². The molecule has 2 aliphatic rings. The number of aromatic nitrogens is 2. The number of sulfonamides is 1. The highest BCUT2D eigenvalue weighted by Crippen LogP contribution is 2.32. The fraction of sp³-hybridized carbons (Fsp3) is 0.800. The van der Waals surface area contributed by atoms with Crippen LogP contribution >= 0.6 is 0 Å². The summed E-state index contributed by atoms with van der Waals surface area (Å²) in [5.41, 5.74) is -1.23. The van der Waals surface area contributed by atoms with Crippen LogP contribution in [-0.4, -0.2) is 72.3 Å². The third kappa shape index (κ3) is 3.62. The van der Waals surface area contributed by atoms with Crippen LogP contribution in [0.2, 0.25) is 0 Å². The zero-order chi connectivity index (χ0) is 19.2. The molecule has 0 aromatic carbocycles. The molecule has 2 fully saturated rings. The molecule has 7 nitrogen and oxygen atoms in total. The number of hydrogen-bond donors (Lipinski definition) is 0. The molecule has 0 bridgehead atoms. The second-order valence-corrected chi connectivity index (χ2v) is 8.87. The summed E-state index contributed by atoms with van der Waals surface area (Å²) in [6.07, 6.45) is -2.91. The summed E-state index contributed by atoms with van der Waals surface area (Å²) in [5, 5.41) is 2.87. The Balaban J connectivity index is 1.73. The molecule has 0 saturated carbocycles. The van der Waals surface area contributed by atoms with E-state index in [2.05, 4.69) is 16.9 Å². The van der Waals surface area contributed by atoms with Gasteiger partial charge >= 0.3 is 6.18 Å².